The van der Waals surface area contributed by atoms with Crippen molar-refractivity contribution in [2.75, 3.05) is 24.5 Å². The predicted molar refractivity (Wildman–Crippen MR) is 94.1 cm³/mol. The van der Waals surface area contributed by atoms with Crippen LogP contribution in [0.25, 0.3) is 0 Å². The fourth-order valence-electron chi connectivity index (χ4n) is 3.57. The third-order valence-electron chi connectivity index (χ3n) is 4.95. The van der Waals surface area contributed by atoms with Gasteiger partial charge in [0, 0.05) is 43.3 Å². The summed E-state index contributed by atoms with van der Waals surface area (Å²) in [5.41, 5.74) is 2.57. The Kier molecular flexibility index (Phi) is 4.73. The third kappa shape index (κ3) is 3.58. The molecule has 0 aromatic carbocycles. The summed E-state index contributed by atoms with van der Waals surface area (Å²) in [4.78, 5) is 17.6. The van der Waals surface area contributed by atoms with Crippen LogP contribution in [-0.2, 0) is 0 Å². The minimum atomic E-state index is -0.478. The van der Waals surface area contributed by atoms with Crippen molar-refractivity contribution in [3.63, 3.8) is 0 Å². The van der Waals surface area contributed by atoms with Crippen molar-refractivity contribution < 1.29 is 5.11 Å². The molecule has 1 atom stereocenters. The van der Waals surface area contributed by atoms with Gasteiger partial charge in [-0.05, 0) is 31.7 Å². The number of likely N-dealkylation sites (tertiary alicyclic amines) is 1. The summed E-state index contributed by atoms with van der Waals surface area (Å²) >= 11 is 1.53. The molecule has 0 spiro atoms. The van der Waals surface area contributed by atoms with Gasteiger partial charge >= 0.3 is 0 Å². The lowest BCUT2D eigenvalue weighted by Gasteiger charge is -2.39. The van der Waals surface area contributed by atoms with Crippen molar-refractivity contribution in [1.82, 2.24) is 19.9 Å². The number of thiazole rings is 1. The summed E-state index contributed by atoms with van der Waals surface area (Å²) in [5, 5.41) is 12.2. The van der Waals surface area contributed by atoms with Crippen LogP contribution >= 0.6 is 11.3 Å². The van der Waals surface area contributed by atoms with Crippen LogP contribution in [0.1, 0.15) is 37.5 Å². The van der Waals surface area contributed by atoms with E-state index in [-0.39, 0.29) is 0 Å². The molecule has 6 nitrogen and oxygen atoms in total. The fraction of sp³-hybridized carbons (Fsp3) is 0.588. The van der Waals surface area contributed by atoms with Crippen LogP contribution in [-0.4, -0.2) is 56.7 Å². The molecule has 3 heterocycles. The lowest BCUT2D eigenvalue weighted by molar-refractivity contribution is 0.0942. The Morgan fingerprint density at radius 1 is 1.21 bits per heavy atom. The second kappa shape index (κ2) is 7.13. The second-order valence-electron chi connectivity index (χ2n) is 6.67. The molecule has 1 aliphatic heterocycles. The number of aliphatic hydroxyl groups excluding tert-OH is 1. The van der Waals surface area contributed by atoms with Crippen molar-refractivity contribution in [2.24, 2.45) is 0 Å². The van der Waals surface area contributed by atoms with Crippen LogP contribution in [0.4, 0.5) is 5.82 Å². The van der Waals surface area contributed by atoms with Crippen molar-refractivity contribution in [3.8, 4) is 0 Å². The van der Waals surface area contributed by atoms with Gasteiger partial charge in [-0.25, -0.2) is 15.0 Å². The molecule has 0 radical (unpaired) electrons. The maximum absolute atomic E-state index is 10.3. The van der Waals surface area contributed by atoms with Crippen molar-refractivity contribution in [1.29, 1.82) is 0 Å². The number of rotatable bonds is 6. The number of β-amino-alcohol motifs (C(OH)–C–C–N with tert-alkyl or cyclic N) is 1. The molecule has 0 amide bonds. The van der Waals surface area contributed by atoms with E-state index in [1.54, 1.807) is 11.8 Å². The largest absolute Gasteiger partial charge is 0.385 e. The average Bonchev–Trinajstić information content (AvgIpc) is 3.29. The highest BCUT2D eigenvalue weighted by atomic mass is 32.1. The van der Waals surface area contributed by atoms with E-state index < -0.39 is 6.10 Å². The number of piperidine rings is 1. The summed E-state index contributed by atoms with van der Waals surface area (Å²) in [6, 6.07) is 3.22. The van der Waals surface area contributed by atoms with Crippen molar-refractivity contribution in [3.05, 3.63) is 35.2 Å². The first-order valence-corrected chi connectivity index (χ1v) is 9.58. The molecule has 2 aromatic rings. The zero-order valence-corrected chi connectivity index (χ0v) is 14.5. The molecule has 2 aromatic heterocycles. The zero-order valence-electron chi connectivity index (χ0n) is 13.7. The van der Waals surface area contributed by atoms with Gasteiger partial charge in [-0.1, -0.05) is 0 Å². The number of hydrogen-bond donors (Lipinski definition) is 1. The van der Waals surface area contributed by atoms with Gasteiger partial charge in [-0.2, -0.15) is 0 Å². The van der Waals surface area contributed by atoms with Crippen LogP contribution < -0.4 is 4.90 Å². The minimum absolute atomic E-state index is 0.478. The fourth-order valence-corrected chi connectivity index (χ4v) is 4.17. The molecular weight excluding hydrogens is 322 g/mol. The van der Waals surface area contributed by atoms with Gasteiger partial charge in [-0.15, -0.1) is 11.3 Å². The van der Waals surface area contributed by atoms with Crippen molar-refractivity contribution in [2.45, 2.75) is 43.9 Å². The summed E-state index contributed by atoms with van der Waals surface area (Å²) in [6.45, 7) is 2.70. The Labute approximate surface area is 146 Å². The van der Waals surface area contributed by atoms with Gasteiger partial charge < -0.3 is 14.9 Å². The Bertz CT molecular complexity index is 626. The van der Waals surface area contributed by atoms with Crippen LogP contribution in [0.5, 0.6) is 0 Å². The van der Waals surface area contributed by atoms with Gasteiger partial charge in [0.25, 0.3) is 0 Å². The van der Waals surface area contributed by atoms with Gasteiger partial charge in [0.2, 0.25) is 0 Å². The molecule has 0 bridgehead atoms. The first-order chi connectivity index (χ1) is 11.8. The quantitative estimate of drug-likeness (QED) is 0.865. The Balaban J connectivity index is 1.35. The standard InChI is InChI=1S/C17H23N5OS/c23-16(15-10-24-12-20-15)9-21-7-4-14(5-8-21)22(13-1-2-13)17-3-6-18-11-19-17/h3,6,10-14,16,23H,1-2,4-5,7-9H2. The molecule has 24 heavy (non-hydrogen) atoms. The molecule has 1 saturated carbocycles. The summed E-state index contributed by atoms with van der Waals surface area (Å²) < 4.78 is 0. The molecule has 1 N–H and O–H groups in total. The zero-order chi connectivity index (χ0) is 16.4. The molecule has 128 valence electrons. The number of aromatic nitrogens is 3. The maximum Gasteiger partial charge on any atom is 0.132 e. The van der Waals surface area contributed by atoms with Gasteiger partial charge in [0.1, 0.15) is 18.2 Å². The Hall–Kier alpha value is -1.57. The van der Waals surface area contributed by atoms with E-state index in [1.807, 2.05) is 17.6 Å². The number of nitrogens with zero attached hydrogens (tertiary/aromatic N) is 5. The lowest BCUT2D eigenvalue weighted by atomic mass is 10.0. The maximum atomic E-state index is 10.3. The van der Waals surface area contributed by atoms with E-state index in [0.717, 1.165) is 37.4 Å². The molecule has 2 fully saturated rings. The number of aliphatic hydroxyl groups is 1. The number of hydrogen-bond acceptors (Lipinski definition) is 7. The summed E-state index contributed by atoms with van der Waals surface area (Å²) in [5.74, 6) is 1.06. The van der Waals surface area contributed by atoms with Crippen molar-refractivity contribution >= 4 is 17.2 Å². The van der Waals surface area contributed by atoms with E-state index in [9.17, 15) is 5.11 Å². The summed E-state index contributed by atoms with van der Waals surface area (Å²) in [7, 11) is 0. The van der Waals surface area contributed by atoms with Crippen LogP contribution in [0.3, 0.4) is 0 Å². The van der Waals surface area contributed by atoms with Gasteiger partial charge in [-0.3, -0.25) is 0 Å². The van der Waals surface area contributed by atoms with E-state index in [1.165, 1.54) is 24.2 Å². The molecule has 1 saturated heterocycles. The lowest BCUT2D eigenvalue weighted by Crippen LogP contribution is -2.47. The highest BCUT2D eigenvalue weighted by molar-refractivity contribution is 7.07. The highest BCUT2D eigenvalue weighted by Gasteiger charge is 2.36. The van der Waals surface area contributed by atoms with E-state index in [4.69, 9.17) is 0 Å². The van der Waals surface area contributed by atoms with E-state index >= 15 is 0 Å². The predicted octanol–water partition coefficient (Wildman–Crippen LogP) is 2.10. The number of anilines is 1. The monoisotopic (exact) mass is 345 g/mol. The first-order valence-electron chi connectivity index (χ1n) is 8.64. The Morgan fingerprint density at radius 2 is 2.00 bits per heavy atom. The van der Waals surface area contributed by atoms with E-state index in [2.05, 4.69) is 24.8 Å². The van der Waals surface area contributed by atoms with Crippen LogP contribution in [0, 0.1) is 0 Å². The topological polar surface area (TPSA) is 65.4 Å². The minimum Gasteiger partial charge on any atom is -0.385 e. The molecule has 1 unspecified atom stereocenters. The smallest absolute Gasteiger partial charge is 0.132 e. The van der Waals surface area contributed by atoms with E-state index in [0.29, 0.717) is 18.6 Å². The SMILES string of the molecule is OC(CN1CCC(N(c2ccncn2)C2CC2)CC1)c1cscn1. The molecule has 4 rings (SSSR count). The first kappa shape index (κ1) is 15.9. The second-order valence-corrected chi connectivity index (χ2v) is 7.39. The average molecular weight is 345 g/mol. The van der Waals surface area contributed by atoms with Crippen LogP contribution in [0.2, 0.25) is 0 Å². The molecule has 2 aliphatic rings. The molecule has 1 aliphatic carbocycles. The summed E-state index contributed by atoms with van der Waals surface area (Å²) in [6.07, 6.45) is 7.77. The Morgan fingerprint density at radius 3 is 2.62 bits per heavy atom. The van der Waals surface area contributed by atoms with Gasteiger partial charge in [0.05, 0.1) is 11.2 Å². The third-order valence-corrected chi connectivity index (χ3v) is 5.55. The van der Waals surface area contributed by atoms with Crippen LogP contribution in [0.15, 0.2) is 29.5 Å². The molecular formula is C17H23N5OS. The molecule has 7 heteroatoms. The van der Waals surface area contributed by atoms with Gasteiger partial charge in [0.15, 0.2) is 0 Å². The normalized spacial score (nSPS) is 20.9. The highest BCUT2D eigenvalue weighted by Crippen LogP contribution is 2.35.